The molecule has 0 aromatic heterocycles. The van der Waals surface area contributed by atoms with Crippen LogP contribution in [0.5, 0.6) is 0 Å². The Morgan fingerprint density at radius 1 is 1.50 bits per heavy atom. The van der Waals surface area contributed by atoms with Crippen LogP contribution in [0.15, 0.2) is 23.1 Å². The highest BCUT2D eigenvalue weighted by molar-refractivity contribution is 7.85. The molecule has 1 unspecified atom stereocenters. The summed E-state index contributed by atoms with van der Waals surface area (Å²) in [6.07, 6.45) is -2.62. The van der Waals surface area contributed by atoms with E-state index < -0.39 is 23.0 Å². The van der Waals surface area contributed by atoms with Gasteiger partial charge in [0.15, 0.2) is 0 Å². The number of anilines is 1. The van der Waals surface area contributed by atoms with Crippen molar-refractivity contribution in [3.05, 3.63) is 23.2 Å². The number of halogens is 3. The normalized spacial score (nSPS) is 13.1. The number of rotatable bonds is 3. The Bertz CT molecular complexity index is 359. The van der Waals surface area contributed by atoms with E-state index in [2.05, 4.69) is 0 Å². The summed E-state index contributed by atoms with van der Waals surface area (Å²) in [6.45, 7) is 0. The third-order valence-corrected chi connectivity index (χ3v) is 3.13. The SMILES string of the molecule is Nc1ccc(Cl)cc1S(=O)CC(F)F. The van der Waals surface area contributed by atoms with Gasteiger partial charge < -0.3 is 5.73 Å². The van der Waals surface area contributed by atoms with E-state index in [4.69, 9.17) is 17.3 Å². The van der Waals surface area contributed by atoms with E-state index in [1.807, 2.05) is 0 Å². The first-order valence-corrected chi connectivity index (χ1v) is 5.42. The van der Waals surface area contributed by atoms with Gasteiger partial charge in [-0.3, -0.25) is 4.21 Å². The van der Waals surface area contributed by atoms with E-state index in [9.17, 15) is 13.0 Å². The van der Waals surface area contributed by atoms with E-state index in [1.54, 1.807) is 0 Å². The van der Waals surface area contributed by atoms with Gasteiger partial charge in [0.2, 0.25) is 6.43 Å². The third kappa shape index (κ3) is 2.92. The lowest BCUT2D eigenvalue weighted by molar-refractivity contribution is 0.175. The highest BCUT2D eigenvalue weighted by Crippen LogP contribution is 2.22. The van der Waals surface area contributed by atoms with Crippen molar-refractivity contribution in [2.45, 2.75) is 11.3 Å². The molecule has 6 heteroatoms. The molecule has 14 heavy (non-hydrogen) atoms. The van der Waals surface area contributed by atoms with Crippen LogP contribution in [-0.2, 0) is 10.8 Å². The smallest absolute Gasteiger partial charge is 0.250 e. The fraction of sp³-hybridized carbons (Fsp3) is 0.250. The number of benzene rings is 1. The molecule has 1 aromatic carbocycles. The maximum atomic E-state index is 11.9. The first-order chi connectivity index (χ1) is 6.50. The summed E-state index contributed by atoms with van der Waals surface area (Å²) in [5.74, 6) is -0.718. The van der Waals surface area contributed by atoms with Crippen molar-refractivity contribution in [2.24, 2.45) is 0 Å². The zero-order valence-corrected chi connectivity index (χ0v) is 8.62. The maximum absolute atomic E-state index is 11.9. The minimum Gasteiger partial charge on any atom is -0.398 e. The molecule has 78 valence electrons. The van der Waals surface area contributed by atoms with E-state index in [0.29, 0.717) is 5.02 Å². The highest BCUT2D eigenvalue weighted by atomic mass is 35.5. The molecular formula is C8H8ClF2NOS. The molecule has 0 aliphatic heterocycles. The predicted molar refractivity (Wildman–Crippen MR) is 53.1 cm³/mol. The Morgan fingerprint density at radius 2 is 2.14 bits per heavy atom. The molecule has 0 fully saturated rings. The monoisotopic (exact) mass is 239 g/mol. The summed E-state index contributed by atoms with van der Waals surface area (Å²) in [5.41, 5.74) is 5.69. The molecule has 0 aliphatic rings. The van der Waals surface area contributed by atoms with Crippen LogP contribution in [0, 0.1) is 0 Å². The first-order valence-electron chi connectivity index (χ1n) is 3.72. The highest BCUT2D eigenvalue weighted by Gasteiger charge is 2.14. The van der Waals surface area contributed by atoms with E-state index in [1.165, 1.54) is 18.2 Å². The topological polar surface area (TPSA) is 43.1 Å². The predicted octanol–water partition coefficient (Wildman–Crippen LogP) is 2.29. The van der Waals surface area contributed by atoms with Gasteiger partial charge in [-0.2, -0.15) is 0 Å². The van der Waals surface area contributed by atoms with Crippen LogP contribution in [0.3, 0.4) is 0 Å². The second-order valence-electron chi connectivity index (χ2n) is 2.59. The van der Waals surface area contributed by atoms with Crippen molar-refractivity contribution in [1.29, 1.82) is 0 Å². The lowest BCUT2D eigenvalue weighted by Gasteiger charge is -2.05. The van der Waals surface area contributed by atoms with Gasteiger partial charge in [0.05, 0.1) is 21.4 Å². The van der Waals surface area contributed by atoms with Crippen molar-refractivity contribution in [2.75, 3.05) is 11.5 Å². The van der Waals surface area contributed by atoms with Crippen LogP contribution in [0.2, 0.25) is 5.02 Å². The van der Waals surface area contributed by atoms with Gasteiger partial charge in [0, 0.05) is 10.7 Å². The minimum atomic E-state index is -2.62. The largest absolute Gasteiger partial charge is 0.398 e. The van der Waals surface area contributed by atoms with Gasteiger partial charge in [-0.25, -0.2) is 8.78 Å². The van der Waals surface area contributed by atoms with Crippen LogP contribution in [0.4, 0.5) is 14.5 Å². The maximum Gasteiger partial charge on any atom is 0.250 e. The van der Waals surface area contributed by atoms with Crippen LogP contribution >= 0.6 is 11.6 Å². The van der Waals surface area contributed by atoms with Gasteiger partial charge in [-0.15, -0.1) is 0 Å². The molecule has 2 nitrogen and oxygen atoms in total. The molecule has 1 aromatic rings. The Balaban J connectivity index is 2.94. The van der Waals surface area contributed by atoms with Gasteiger partial charge >= 0.3 is 0 Å². The standard InChI is InChI=1S/C8H8ClF2NOS/c9-5-1-2-6(12)7(3-5)14(13)4-8(10)11/h1-3,8H,4,12H2. The van der Waals surface area contributed by atoms with Crippen molar-refractivity contribution < 1.29 is 13.0 Å². The molecule has 0 heterocycles. The van der Waals surface area contributed by atoms with Crippen molar-refractivity contribution in [3.8, 4) is 0 Å². The van der Waals surface area contributed by atoms with Crippen molar-refractivity contribution >= 4 is 28.1 Å². The number of hydrogen-bond acceptors (Lipinski definition) is 2. The molecule has 1 atom stereocenters. The summed E-state index contributed by atoms with van der Waals surface area (Å²) < 4.78 is 35.2. The molecule has 0 aliphatic carbocycles. The number of alkyl halides is 2. The van der Waals surface area contributed by atoms with Gasteiger partial charge in [-0.05, 0) is 18.2 Å². The summed E-state index contributed by atoms with van der Waals surface area (Å²) >= 11 is 5.62. The fourth-order valence-corrected chi connectivity index (χ4v) is 2.14. The van der Waals surface area contributed by atoms with Gasteiger partial charge in [0.25, 0.3) is 0 Å². The molecule has 1 rings (SSSR count). The second-order valence-corrected chi connectivity index (χ2v) is 4.49. The zero-order valence-electron chi connectivity index (χ0n) is 7.04. The quantitative estimate of drug-likeness (QED) is 0.823. The Labute approximate surface area is 87.5 Å². The molecule has 0 spiro atoms. The number of nitrogens with two attached hydrogens (primary N) is 1. The Hall–Kier alpha value is -0.680. The molecular weight excluding hydrogens is 232 g/mol. The lowest BCUT2D eigenvalue weighted by Crippen LogP contribution is -2.08. The Kier molecular flexibility index (Phi) is 3.83. The summed E-state index contributed by atoms with van der Waals surface area (Å²) in [5, 5.41) is 0.330. The van der Waals surface area contributed by atoms with Crippen molar-refractivity contribution in [3.63, 3.8) is 0 Å². The van der Waals surface area contributed by atoms with Crippen LogP contribution in [0.1, 0.15) is 0 Å². The van der Waals surface area contributed by atoms with Crippen LogP contribution < -0.4 is 5.73 Å². The Morgan fingerprint density at radius 3 is 2.71 bits per heavy atom. The van der Waals surface area contributed by atoms with Gasteiger partial charge in [0.1, 0.15) is 0 Å². The van der Waals surface area contributed by atoms with Crippen LogP contribution in [0.25, 0.3) is 0 Å². The van der Waals surface area contributed by atoms with Gasteiger partial charge in [-0.1, -0.05) is 11.6 Å². The molecule has 0 radical (unpaired) electrons. The van der Waals surface area contributed by atoms with E-state index in [-0.39, 0.29) is 10.6 Å². The molecule has 0 bridgehead atoms. The third-order valence-electron chi connectivity index (χ3n) is 1.50. The molecule has 0 saturated carbocycles. The second kappa shape index (κ2) is 4.70. The number of nitrogen functional groups attached to an aromatic ring is 1. The molecule has 0 saturated heterocycles. The average molecular weight is 240 g/mol. The molecule has 2 N–H and O–H groups in total. The summed E-state index contributed by atoms with van der Waals surface area (Å²) in [7, 11) is -1.79. The van der Waals surface area contributed by atoms with Crippen LogP contribution in [-0.4, -0.2) is 16.4 Å². The first kappa shape index (κ1) is 11.4. The van der Waals surface area contributed by atoms with E-state index in [0.717, 1.165) is 0 Å². The average Bonchev–Trinajstić information content (AvgIpc) is 2.08. The zero-order chi connectivity index (χ0) is 10.7. The number of hydrogen-bond donors (Lipinski definition) is 1. The van der Waals surface area contributed by atoms with Crippen molar-refractivity contribution in [1.82, 2.24) is 0 Å². The summed E-state index contributed by atoms with van der Waals surface area (Å²) in [4.78, 5) is 0.165. The summed E-state index contributed by atoms with van der Waals surface area (Å²) in [6, 6.07) is 4.30. The molecule has 0 amide bonds. The van der Waals surface area contributed by atoms with E-state index >= 15 is 0 Å². The minimum absolute atomic E-state index is 0.165. The lowest BCUT2D eigenvalue weighted by atomic mass is 10.3. The fourth-order valence-electron chi connectivity index (χ4n) is 0.910.